The zero-order valence-corrected chi connectivity index (χ0v) is 10.3. The molecule has 0 spiro atoms. The summed E-state index contributed by atoms with van der Waals surface area (Å²) in [6.45, 7) is 6.63. The van der Waals surface area contributed by atoms with Gasteiger partial charge in [0.05, 0.1) is 24.9 Å². The number of piperidine rings is 1. The van der Waals surface area contributed by atoms with Crippen molar-refractivity contribution < 1.29 is 14.7 Å². The normalized spacial score (nSPS) is 29.9. The molecule has 0 aromatic rings. The van der Waals surface area contributed by atoms with Crippen LogP contribution in [0.25, 0.3) is 0 Å². The number of nitrogens with one attached hydrogen (secondary N) is 1. The highest BCUT2D eigenvalue weighted by molar-refractivity contribution is 6.64. The maximum Gasteiger partial charge on any atom is 0.281 e. The van der Waals surface area contributed by atoms with Gasteiger partial charge in [0.1, 0.15) is 0 Å². The summed E-state index contributed by atoms with van der Waals surface area (Å²) in [6, 6.07) is 0.116. The van der Waals surface area contributed by atoms with E-state index >= 15 is 0 Å². The van der Waals surface area contributed by atoms with Crippen molar-refractivity contribution >= 4 is 13.6 Å². The Hall–Kier alpha value is -0.685. The predicted molar refractivity (Wildman–Crippen MR) is 68.4 cm³/mol. The quantitative estimate of drug-likeness (QED) is 0.205. The van der Waals surface area contributed by atoms with Crippen LogP contribution >= 0.6 is 0 Å². The molecular formula is C11H21BN2O3. The Kier molecular flexibility index (Phi) is 6.43. The van der Waals surface area contributed by atoms with Crippen molar-refractivity contribution in [2.45, 2.75) is 38.0 Å². The molecule has 1 aliphatic rings. The Balaban J connectivity index is 2.49. The van der Waals surface area contributed by atoms with Gasteiger partial charge in [-0.3, -0.25) is 4.84 Å². The maximum atomic E-state index is 10.6. The van der Waals surface area contributed by atoms with Gasteiger partial charge in [0.25, 0.3) is 7.41 Å². The van der Waals surface area contributed by atoms with E-state index in [9.17, 15) is 9.90 Å². The van der Waals surface area contributed by atoms with Gasteiger partial charge in [0.2, 0.25) is 0 Å². The van der Waals surface area contributed by atoms with E-state index in [1.165, 1.54) is 0 Å². The third-order valence-electron chi connectivity index (χ3n) is 3.14. The molecule has 6 heteroatoms. The monoisotopic (exact) mass is 240 g/mol. The van der Waals surface area contributed by atoms with Crippen molar-refractivity contribution in [1.29, 1.82) is 0 Å². The Morgan fingerprint density at radius 3 is 3.06 bits per heavy atom. The van der Waals surface area contributed by atoms with Gasteiger partial charge in [0.15, 0.2) is 0 Å². The molecule has 1 rings (SSSR count). The zero-order chi connectivity index (χ0) is 12.7. The van der Waals surface area contributed by atoms with Gasteiger partial charge in [-0.05, 0) is 12.8 Å². The second-order valence-electron chi connectivity index (χ2n) is 4.31. The first kappa shape index (κ1) is 14.4. The molecule has 0 amide bonds. The lowest BCUT2D eigenvalue weighted by molar-refractivity contribution is -0.0426. The van der Waals surface area contributed by atoms with Gasteiger partial charge < -0.3 is 14.7 Å². The van der Waals surface area contributed by atoms with Gasteiger partial charge in [0, 0.05) is 12.6 Å². The lowest BCUT2D eigenvalue weighted by Gasteiger charge is -2.41. The fraction of sp³-hybridized carbons (Fsp3) is 0.727. The molecule has 0 aromatic carbocycles. The summed E-state index contributed by atoms with van der Waals surface area (Å²) < 4.78 is 0. The molecule has 0 radical (unpaired) electrons. The highest BCUT2D eigenvalue weighted by atomic mass is 16.6. The second-order valence-corrected chi connectivity index (χ2v) is 4.31. The number of hydrogen-bond acceptors (Lipinski definition) is 5. The van der Waals surface area contributed by atoms with E-state index in [-0.39, 0.29) is 12.1 Å². The molecule has 1 heterocycles. The number of nitrogens with zero attached hydrogens (tertiary/aromatic N) is 1. The van der Waals surface area contributed by atoms with Crippen LogP contribution in [0, 0.1) is 0 Å². The van der Waals surface area contributed by atoms with Crippen LogP contribution in [0.4, 0.5) is 0 Å². The molecule has 0 aromatic heterocycles. The average Bonchev–Trinajstić information content (AvgIpc) is 2.33. The van der Waals surface area contributed by atoms with Crippen molar-refractivity contribution in [3.63, 3.8) is 0 Å². The van der Waals surface area contributed by atoms with E-state index in [4.69, 9.17) is 4.84 Å². The van der Waals surface area contributed by atoms with Crippen LogP contribution in [0.3, 0.4) is 0 Å². The number of aliphatic hydroxyl groups is 1. The molecule has 1 fully saturated rings. The van der Waals surface area contributed by atoms with Crippen LogP contribution < -0.4 is 5.48 Å². The maximum absolute atomic E-state index is 10.6. The first-order valence-corrected chi connectivity index (χ1v) is 6.06. The van der Waals surface area contributed by atoms with E-state index in [0.29, 0.717) is 27.0 Å². The Labute approximate surface area is 103 Å². The van der Waals surface area contributed by atoms with Crippen LogP contribution in [-0.4, -0.2) is 54.9 Å². The number of carbonyl (C=O) groups is 1. The van der Waals surface area contributed by atoms with Gasteiger partial charge in [-0.15, -0.1) is 6.58 Å². The minimum absolute atomic E-state index is 0.155. The van der Waals surface area contributed by atoms with Crippen LogP contribution in [0.15, 0.2) is 12.7 Å². The highest BCUT2D eigenvalue weighted by Gasteiger charge is 2.33. The average molecular weight is 240 g/mol. The lowest BCUT2D eigenvalue weighted by Crippen LogP contribution is -2.58. The van der Waals surface area contributed by atoms with Crippen LogP contribution in [0.1, 0.15) is 19.8 Å². The molecule has 0 aliphatic carbocycles. The number of hydroxylamine groups is 1. The Morgan fingerprint density at radius 1 is 1.71 bits per heavy atom. The summed E-state index contributed by atoms with van der Waals surface area (Å²) in [7, 11) is 0.408. The van der Waals surface area contributed by atoms with Crippen molar-refractivity contribution in [3.8, 4) is 0 Å². The summed E-state index contributed by atoms with van der Waals surface area (Å²) in [4.78, 5) is 17.8. The van der Waals surface area contributed by atoms with E-state index in [2.05, 4.69) is 23.8 Å². The first-order valence-electron chi connectivity index (χ1n) is 6.06. The Bertz CT molecular complexity index is 253. The van der Waals surface area contributed by atoms with Crippen molar-refractivity contribution in [2.75, 3.05) is 13.2 Å². The van der Waals surface area contributed by atoms with Gasteiger partial charge >= 0.3 is 0 Å². The molecule has 5 nitrogen and oxygen atoms in total. The summed E-state index contributed by atoms with van der Waals surface area (Å²) in [5.74, 6) is 0. The van der Waals surface area contributed by atoms with Crippen LogP contribution in [-0.2, 0) is 9.63 Å². The topological polar surface area (TPSA) is 61.8 Å². The lowest BCUT2D eigenvalue weighted by atomic mass is 9.83. The first-order chi connectivity index (χ1) is 8.22. The molecule has 0 bridgehead atoms. The SMILES string of the molecule is C=CCON[C@H]1CN(BC=O)[C@H](CC)C[C@@H]1O. The molecule has 3 atom stereocenters. The molecule has 1 aliphatic heterocycles. The molecule has 17 heavy (non-hydrogen) atoms. The van der Waals surface area contributed by atoms with Crippen LogP contribution in [0.5, 0.6) is 0 Å². The number of aliphatic hydroxyl groups excluding tert-OH is 1. The van der Waals surface area contributed by atoms with E-state index in [0.717, 1.165) is 12.6 Å². The molecule has 2 N–H and O–H groups in total. The zero-order valence-electron chi connectivity index (χ0n) is 10.3. The minimum Gasteiger partial charge on any atom is -0.391 e. The standard InChI is InChI=1S/C11H21BN2O3/c1-3-5-17-13-10-7-14(12-8-15)9(4-2)6-11(10)16/h3,8-13,16H,1,4-7H2,2H3/t9-,10+,11+/m1/s1. The third-order valence-corrected chi connectivity index (χ3v) is 3.14. The van der Waals surface area contributed by atoms with Gasteiger partial charge in [-0.2, -0.15) is 5.48 Å². The number of rotatable bonds is 7. The number of hydrogen-bond donors (Lipinski definition) is 2. The highest BCUT2D eigenvalue weighted by Crippen LogP contribution is 2.19. The summed E-state index contributed by atoms with van der Waals surface area (Å²) in [6.07, 6.45) is 3.71. The van der Waals surface area contributed by atoms with Gasteiger partial charge in [-0.25, -0.2) is 0 Å². The van der Waals surface area contributed by atoms with Crippen molar-refractivity contribution in [3.05, 3.63) is 12.7 Å². The smallest absolute Gasteiger partial charge is 0.281 e. The summed E-state index contributed by atoms with van der Waals surface area (Å²) in [5, 5.41) is 9.97. The van der Waals surface area contributed by atoms with Crippen molar-refractivity contribution in [2.24, 2.45) is 0 Å². The number of carbonyl (C=O) groups excluding carboxylic acids is 1. The van der Waals surface area contributed by atoms with E-state index < -0.39 is 6.10 Å². The van der Waals surface area contributed by atoms with E-state index in [1.54, 1.807) is 6.08 Å². The molecule has 0 unspecified atom stereocenters. The fourth-order valence-electron chi connectivity index (χ4n) is 2.19. The van der Waals surface area contributed by atoms with E-state index in [1.807, 2.05) is 0 Å². The van der Waals surface area contributed by atoms with Crippen molar-refractivity contribution in [1.82, 2.24) is 10.3 Å². The van der Waals surface area contributed by atoms with Gasteiger partial charge in [-0.1, -0.05) is 13.0 Å². The summed E-state index contributed by atoms with van der Waals surface area (Å²) in [5.41, 5.74) is 2.83. The predicted octanol–water partition coefficient (Wildman–Crippen LogP) is -0.551. The molecule has 96 valence electrons. The third kappa shape index (κ3) is 4.24. The largest absolute Gasteiger partial charge is 0.391 e. The molecular weight excluding hydrogens is 219 g/mol. The fourth-order valence-corrected chi connectivity index (χ4v) is 2.19. The minimum atomic E-state index is -0.437. The van der Waals surface area contributed by atoms with Crippen LogP contribution in [0.2, 0.25) is 0 Å². The second kappa shape index (κ2) is 7.60. The Morgan fingerprint density at radius 2 is 2.47 bits per heavy atom. The molecule has 0 saturated carbocycles. The molecule has 1 saturated heterocycles. The summed E-state index contributed by atoms with van der Waals surface area (Å²) >= 11 is 0.